The van der Waals surface area contributed by atoms with Gasteiger partial charge >= 0.3 is 0 Å². The van der Waals surface area contributed by atoms with Crippen LogP contribution in [0, 0.1) is 5.92 Å². The number of methoxy groups -OCH3 is 2. The molecule has 0 unspecified atom stereocenters. The Hall–Kier alpha value is -1.55. The first-order valence-electron chi connectivity index (χ1n) is 10.4. The van der Waals surface area contributed by atoms with E-state index >= 15 is 0 Å². The van der Waals surface area contributed by atoms with Gasteiger partial charge < -0.3 is 19.5 Å². The van der Waals surface area contributed by atoms with Crippen molar-refractivity contribution in [3.05, 3.63) is 42.5 Å². The predicted octanol–water partition coefficient (Wildman–Crippen LogP) is 5.67. The Bertz CT molecular complexity index is 909. The van der Waals surface area contributed by atoms with E-state index in [-0.39, 0.29) is 34.0 Å². The smallest absolute Gasteiger partial charge is 0.203 e. The summed E-state index contributed by atoms with van der Waals surface area (Å²) in [4.78, 5) is 7.14. The van der Waals surface area contributed by atoms with Gasteiger partial charge in [-0.1, -0.05) is 29.5 Å². The maximum absolute atomic E-state index is 6.00. The maximum Gasteiger partial charge on any atom is 0.203 e. The van der Waals surface area contributed by atoms with Crippen LogP contribution in [0.1, 0.15) is 12.8 Å². The van der Waals surface area contributed by atoms with Crippen LogP contribution in [-0.4, -0.2) is 56.9 Å². The number of rotatable bonds is 9. The van der Waals surface area contributed by atoms with E-state index in [2.05, 4.69) is 33.4 Å². The van der Waals surface area contributed by atoms with E-state index in [4.69, 9.17) is 14.2 Å². The number of ether oxygens (including phenoxy) is 3. The summed E-state index contributed by atoms with van der Waals surface area (Å²) in [7, 11) is 3.30. The second-order valence-electron chi connectivity index (χ2n) is 7.49. The molecule has 176 valence electrons. The monoisotopic (exact) mass is 587 g/mol. The molecule has 1 fully saturated rings. The lowest BCUT2D eigenvalue weighted by molar-refractivity contribution is 0.155. The molecule has 0 saturated carbocycles. The molecule has 1 N–H and O–H groups in total. The molecule has 4 rings (SSSR count). The predicted molar refractivity (Wildman–Crippen MR) is 143 cm³/mol. The molecule has 0 radical (unpaired) electrons. The average molecular weight is 589 g/mol. The van der Waals surface area contributed by atoms with Crippen LogP contribution in [-0.2, 0) is 0 Å². The molecule has 0 spiro atoms. The molecule has 1 aliphatic rings. The summed E-state index contributed by atoms with van der Waals surface area (Å²) in [6, 6.07) is 14.0. The summed E-state index contributed by atoms with van der Waals surface area (Å²) < 4.78 is 18.0. The second kappa shape index (κ2) is 13.2. The van der Waals surface area contributed by atoms with Crippen LogP contribution in [0.4, 0.5) is 5.13 Å². The van der Waals surface area contributed by atoms with Gasteiger partial charge in [-0.05, 0) is 56.1 Å². The van der Waals surface area contributed by atoms with E-state index in [1.807, 2.05) is 24.3 Å². The van der Waals surface area contributed by atoms with Gasteiger partial charge in [-0.25, -0.2) is 4.98 Å². The van der Waals surface area contributed by atoms with Gasteiger partial charge in [-0.2, -0.15) is 0 Å². The molecule has 0 bridgehead atoms. The van der Waals surface area contributed by atoms with E-state index in [1.54, 1.807) is 25.6 Å². The number of likely N-dealkylation sites (tertiary alicyclic amines) is 1. The molecular weight excluding hydrogens is 558 g/mol. The van der Waals surface area contributed by atoms with Gasteiger partial charge in [0.05, 0.1) is 24.4 Å². The maximum atomic E-state index is 6.00. The fourth-order valence-corrected chi connectivity index (χ4v) is 4.70. The standard InChI is InChI=1S/C23H29N3O3S.2BrH/c1-27-19-7-5-8-20(28-2)22(19)29-15-14-26-12-10-17(11-13-26)16-24-23-25-18-6-3-4-9-21(18)30-23;;/h3-9,17H,10-16H2,1-2H3,(H,24,25);2*1H. The highest BCUT2D eigenvalue weighted by atomic mass is 79.9. The van der Waals surface area contributed by atoms with Crippen molar-refractivity contribution in [2.24, 2.45) is 5.92 Å². The average Bonchev–Trinajstić information content (AvgIpc) is 3.21. The van der Waals surface area contributed by atoms with Gasteiger partial charge in [0, 0.05) is 13.1 Å². The Kier molecular flexibility index (Phi) is 11.0. The van der Waals surface area contributed by atoms with E-state index < -0.39 is 0 Å². The van der Waals surface area contributed by atoms with Gasteiger partial charge in [0.25, 0.3) is 0 Å². The van der Waals surface area contributed by atoms with Crippen LogP contribution >= 0.6 is 45.3 Å². The lowest BCUT2D eigenvalue weighted by Gasteiger charge is -2.31. The molecule has 1 aromatic heterocycles. The number of nitrogens with one attached hydrogen (secondary N) is 1. The Morgan fingerprint density at radius 2 is 1.69 bits per heavy atom. The van der Waals surface area contributed by atoms with Crippen molar-refractivity contribution >= 4 is 60.6 Å². The molecule has 6 nitrogen and oxygen atoms in total. The molecule has 9 heteroatoms. The van der Waals surface area contributed by atoms with Crippen molar-refractivity contribution in [2.75, 3.05) is 52.3 Å². The number of piperidine rings is 1. The number of hydrogen-bond acceptors (Lipinski definition) is 7. The minimum absolute atomic E-state index is 0. The zero-order chi connectivity index (χ0) is 20.8. The van der Waals surface area contributed by atoms with Gasteiger partial charge in [-0.3, -0.25) is 4.90 Å². The third-order valence-electron chi connectivity index (χ3n) is 5.58. The van der Waals surface area contributed by atoms with Crippen LogP contribution in [0.5, 0.6) is 17.2 Å². The normalized spacial score (nSPS) is 14.3. The van der Waals surface area contributed by atoms with Crippen LogP contribution in [0.3, 0.4) is 0 Å². The third-order valence-corrected chi connectivity index (χ3v) is 6.57. The Balaban J connectivity index is 0.00000181. The topological polar surface area (TPSA) is 55.9 Å². The largest absolute Gasteiger partial charge is 0.493 e. The number of thiazole rings is 1. The lowest BCUT2D eigenvalue weighted by Crippen LogP contribution is -2.38. The van der Waals surface area contributed by atoms with Crippen molar-refractivity contribution in [3.8, 4) is 17.2 Å². The molecule has 2 aromatic carbocycles. The highest BCUT2D eigenvalue weighted by molar-refractivity contribution is 8.93. The number of fused-ring (bicyclic) bond motifs is 1. The summed E-state index contributed by atoms with van der Waals surface area (Å²) in [6.07, 6.45) is 2.38. The molecule has 32 heavy (non-hydrogen) atoms. The number of nitrogens with zero attached hydrogens (tertiary/aromatic N) is 2. The Labute approximate surface area is 214 Å². The third kappa shape index (κ3) is 6.73. The van der Waals surface area contributed by atoms with Crippen molar-refractivity contribution in [3.63, 3.8) is 0 Å². The summed E-state index contributed by atoms with van der Waals surface area (Å²) in [5, 5.41) is 4.57. The van der Waals surface area contributed by atoms with Crippen LogP contribution < -0.4 is 19.5 Å². The van der Waals surface area contributed by atoms with Gasteiger partial charge in [0.15, 0.2) is 16.6 Å². The number of hydrogen-bond donors (Lipinski definition) is 1. The van der Waals surface area contributed by atoms with Gasteiger partial charge in [-0.15, -0.1) is 34.0 Å². The zero-order valence-electron chi connectivity index (χ0n) is 18.4. The fraction of sp³-hybridized carbons (Fsp3) is 0.435. The van der Waals surface area contributed by atoms with E-state index in [1.165, 1.54) is 17.5 Å². The number of anilines is 1. The number of aromatic nitrogens is 1. The number of para-hydroxylation sites is 2. The molecule has 0 amide bonds. The molecular formula is C23H31Br2N3O3S. The molecule has 3 aromatic rings. The fourth-order valence-electron chi connectivity index (χ4n) is 3.83. The molecule has 0 aliphatic carbocycles. The van der Waals surface area contributed by atoms with E-state index in [9.17, 15) is 0 Å². The highest BCUT2D eigenvalue weighted by Gasteiger charge is 2.20. The lowest BCUT2D eigenvalue weighted by atomic mass is 9.97. The minimum atomic E-state index is 0. The molecule has 1 aliphatic heterocycles. The van der Waals surface area contributed by atoms with Gasteiger partial charge in [0.1, 0.15) is 6.61 Å². The summed E-state index contributed by atoms with van der Waals surface area (Å²) in [6.45, 7) is 4.70. The Morgan fingerprint density at radius 1 is 1.00 bits per heavy atom. The summed E-state index contributed by atoms with van der Waals surface area (Å²) >= 11 is 1.73. The summed E-state index contributed by atoms with van der Waals surface area (Å²) in [5.74, 6) is 2.77. The van der Waals surface area contributed by atoms with E-state index in [0.717, 1.165) is 36.8 Å². The number of halogens is 2. The van der Waals surface area contributed by atoms with Gasteiger partial charge in [0.2, 0.25) is 5.75 Å². The number of benzene rings is 2. The van der Waals surface area contributed by atoms with E-state index in [0.29, 0.717) is 29.8 Å². The van der Waals surface area contributed by atoms with Crippen molar-refractivity contribution in [1.82, 2.24) is 9.88 Å². The second-order valence-corrected chi connectivity index (χ2v) is 8.52. The first kappa shape index (κ1) is 26.7. The van der Waals surface area contributed by atoms with Crippen molar-refractivity contribution in [2.45, 2.75) is 12.8 Å². The van der Waals surface area contributed by atoms with Crippen LogP contribution in [0.25, 0.3) is 10.2 Å². The quantitative estimate of drug-likeness (QED) is 0.347. The van der Waals surface area contributed by atoms with Crippen LogP contribution in [0.2, 0.25) is 0 Å². The Morgan fingerprint density at radius 3 is 2.34 bits per heavy atom. The summed E-state index contributed by atoms with van der Waals surface area (Å²) in [5.41, 5.74) is 1.08. The first-order chi connectivity index (χ1) is 14.8. The molecule has 0 atom stereocenters. The zero-order valence-corrected chi connectivity index (χ0v) is 22.7. The molecule has 1 saturated heterocycles. The SMILES string of the molecule is Br.Br.COc1cccc(OC)c1OCCN1CCC(CNc2nc3ccccc3s2)CC1. The molecule has 2 heterocycles. The highest BCUT2D eigenvalue weighted by Crippen LogP contribution is 2.36. The van der Waals surface area contributed by atoms with Crippen molar-refractivity contribution < 1.29 is 14.2 Å². The minimum Gasteiger partial charge on any atom is -0.493 e. The van der Waals surface area contributed by atoms with Crippen LogP contribution in [0.15, 0.2) is 42.5 Å². The first-order valence-corrected chi connectivity index (χ1v) is 11.2. The van der Waals surface area contributed by atoms with Crippen molar-refractivity contribution in [1.29, 1.82) is 0 Å².